The number of aliphatic hydroxyl groups excluding tert-OH is 1. The molecule has 1 aliphatic heterocycles. The van der Waals surface area contributed by atoms with Gasteiger partial charge in [-0.2, -0.15) is 4.98 Å². The Morgan fingerprint density at radius 2 is 2.07 bits per heavy atom. The second-order valence-electron chi connectivity index (χ2n) is 7.63. The molecule has 156 valence electrons. The number of hydrogen-bond donors (Lipinski definition) is 2. The lowest BCUT2D eigenvalue weighted by Crippen LogP contribution is -2.24. The van der Waals surface area contributed by atoms with E-state index >= 15 is 0 Å². The van der Waals surface area contributed by atoms with Crippen molar-refractivity contribution in [3.8, 4) is 11.4 Å². The number of carbonyl (C=O) groups is 1. The Balaban J connectivity index is 1.51. The van der Waals surface area contributed by atoms with Gasteiger partial charge in [-0.25, -0.2) is 4.39 Å². The summed E-state index contributed by atoms with van der Waals surface area (Å²) in [6, 6.07) is 12.1. The maximum absolute atomic E-state index is 13.9. The van der Waals surface area contributed by atoms with Crippen LogP contribution in [0, 0.1) is 12.7 Å². The summed E-state index contributed by atoms with van der Waals surface area (Å²) in [6.45, 7) is 4.23. The average molecular weight is 410 g/mol. The van der Waals surface area contributed by atoms with Gasteiger partial charge in [-0.1, -0.05) is 29.4 Å². The van der Waals surface area contributed by atoms with Gasteiger partial charge in [0.15, 0.2) is 0 Å². The zero-order valence-electron chi connectivity index (χ0n) is 16.8. The highest BCUT2D eigenvalue weighted by molar-refractivity contribution is 5.88. The van der Waals surface area contributed by atoms with Crippen molar-refractivity contribution in [3.63, 3.8) is 0 Å². The number of likely N-dealkylation sites (tertiary alicyclic amines) is 1. The Bertz CT molecular complexity index is 1050. The van der Waals surface area contributed by atoms with Crippen molar-refractivity contribution < 1.29 is 18.8 Å². The molecule has 3 aromatic rings. The monoisotopic (exact) mass is 410 g/mol. The van der Waals surface area contributed by atoms with E-state index in [4.69, 9.17) is 4.52 Å². The van der Waals surface area contributed by atoms with Crippen LogP contribution in [0.15, 0.2) is 47.0 Å². The standard InChI is InChI=1S/C22H23FN4O3/c1-13-3-6-16(9-19(13)23)21-25-22(30-26-21)20-10-18(29)12-27(20)11-15-4-7-17(8-5-15)24-14(2)28/h3-9,18,20,29H,10-12H2,1-2H3,(H,24,28)/t18-,20+/m1/s1. The molecule has 1 amide bonds. The number of β-amino-alcohol motifs (C(OH)–C–C–N with tert-alkyl or cyclic N) is 1. The summed E-state index contributed by atoms with van der Waals surface area (Å²) in [7, 11) is 0. The Labute approximate surface area is 173 Å². The van der Waals surface area contributed by atoms with Crippen molar-refractivity contribution in [1.29, 1.82) is 0 Å². The van der Waals surface area contributed by atoms with Crippen molar-refractivity contribution in [2.75, 3.05) is 11.9 Å². The fraction of sp³-hybridized carbons (Fsp3) is 0.318. The van der Waals surface area contributed by atoms with Crippen LogP contribution >= 0.6 is 0 Å². The zero-order chi connectivity index (χ0) is 21.3. The van der Waals surface area contributed by atoms with E-state index < -0.39 is 6.10 Å². The molecule has 2 N–H and O–H groups in total. The first-order valence-corrected chi connectivity index (χ1v) is 9.78. The van der Waals surface area contributed by atoms with E-state index in [0.717, 1.165) is 11.3 Å². The van der Waals surface area contributed by atoms with Gasteiger partial charge in [-0.15, -0.1) is 0 Å². The van der Waals surface area contributed by atoms with Gasteiger partial charge < -0.3 is 14.9 Å². The fourth-order valence-electron chi connectivity index (χ4n) is 3.66. The highest BCUT2D eigenvalue weighted by atomic mass is 19.1. The Hall–Kier alpha value is -3.10. The molecule has 4 rings (SSSR count). The van der Waals surface area contributed by atoms with E-state index in [1.807, 2.05) is 24.3 Å². The maximum atomic E-state index is 13.9. The molecule has 0 spiro atoms. The molecule has 0 radical (unpaired) electrons. The molecule has 7 nitrogen and oxygen atoms in total. The van der Waals surface area contributed by atoms with E-state index in [0.29, 0.717) is 42.4 Å². The van der Waals surface area contributed by atoms with Crippen molar-refractivity contribution in [1.82, 2.24) is 15.0 Å². The first kappa shape index (κ1) is 20.2. The van der Waals surface area contributed by atoms with Crippen LogP contribution in [0.1, 0.15) is 36.4 Å². The minimum Gasteiger partial charge on any atom is -0.392 e. The minimum absolute atomic E-state index is 0.119. The van der Waals surface area contributed by atoms with Gasteiger partial charge in [0.2, 0.25) is 17.6 Å². The van der Waals surface area contributed by atoms with Gasteiger partial charge in [-0.05, 0) is 42.7 Å². The minimum atomic E-state index is -0.499. The number of amides is 1. The Morgan fingerprint density at radius 1 is 1.30 bits per heavy atom. The van der Waals surface area contributed by atoms with E-state index in [2.05, 4.69) is 20.4 Å². The van der Waals surface area contributed by atoms with Crippen molar-refractivity contribution in [2.45, 2.75) is 39.0 Å². The number of aliphatic hydroxyl groups is 1. The van der Waals surface area contributed by atoms with Crippen LogP contribution in [-0.2, 0) is 11.3 Å². The van der Waals surface area contributed by atoms with E-state index in [1.165, 1.54) is 13.0 Å². The lowest BCUT2D eigenvalue weighted by Gasteiger charge is -2.21. The normalized spacial score (nSPS) is 19.2. The van der Waals surface area contributed by atoms with Gasteiger partial charge in [-0.3, -0.25) is 9.69 Å². The number of hydrogen-bond acceptors (Lipinski definition) is 6. The molecule has 2 heterocycles. The second-order valence-corrected chi connectivity index (χ2v) is 7.63. The molecule has 30 heavy (non-hydrogen) atoms. The smallest absolute Gasteiger partial charge is 0.244 e. The lowest BCUT2D eigenvalue weighted by atomic mass is 10.1. The van der Waals surface area contributed by atoms with Crippen LogP contribution in [0.3, 0.4) is 0 Å². The number of rotatable bonds is 5. The van der Waals surface area contributed by atoms with Crippen LogP contribution in [0.4, 0.5) is 10.1 Å². The molecule has 1 saturated heterocycles. The molecule has 0 saturated carbocycles. The molecule has 2 atom stereocenters. The van der Waals surface area contributed by atoms with E-state index in [1.54, 1.807) is 19.1 Å². The van der Waals surface area contributed by atoms with E-state index in [-0.39, 0.29) is 17.8 Å². The van der Waals surface area contributed by atoms with Crippen molar-refractivity contribution >= 4 is 11.6 Å². The Kier molecular flexibility index (Phi) is 5.61. The third-order valence-electron chi connectivity index (χ3n) is 5.20. The number of halogens is 1. The molecule has 2 aromatic carbocycles. The van der Waals surface area contributed by atoms with Crippen LogP contribution in [-0.4, -0.2) is 38.7 Å². The third kappa shape index (κ3) is 4.39. The van der Waals surface area contributed by atoms with Gasteiger partial charge in [0.25, 0.3) is 0 Å². The summed E-state index contributed by atoms with van der Waals surface area (Å²) >= 11 is 0. The molecular formula is C22H23FN4O3. The van der Waals surface area contributed by atoms with Gasteiger partial charge in [0, 0.05) is 31.3 Å². The quantitative estimate of drug-likeness (QED) is 0.669. The van der Waals surface area contributed by atoms with Crippen molar-refractivity contribution in [2.24, 2.45) is 0 Å². The molecule has 8 heteroatoms. The number of aryl methyl sites for hydroxylation is 1. The summed E-state index contributed by atoms with van der Waals surface area (Å²) in [5, 5.41) is 17.0. The van der Waals surface area contributed by atoms with Crippen LogP contribution in [0.25, 0.3) is 11.4 Å². The second kappa shape index (κ2) is 8.33. The molecule has 0 bridgehead atoms. The first-order chi connectivity index (χ1) is 14.4. The number of aromatic nitrogens is 2. The number of nitrogens with zero attached hydrogens (tertiary/aromatic N) is 3. The largest absolute Gasteiger partial charge is 0.392 e. The molecule has 0 unspecified atom stereocenters. The van der Waals surface area contributed by atoms with E-state index in [9.17, 15) is 14.3 Å². The zero-order valence-corrected chi connectivity index (χ0v) is 16.8. The number of anilines is 1. The van der Waals surface area contributed by atoms with Gasteiger partial charge in [0.1, 0.15) is 5.82 Å². The Morgan fingerprint density at radius 3 is 2.77 bits per heavy atom. The lowest BCUT2D eigenvalue weighted by molar-refractivity contribution is -0.114. The number of carbonyl (C=O) groups excluding carboxylic acids is 1. The van der Waals surface area contributed by atoms with Crippen molar-refractivity contribution in [3.05, 3.63) is 65.3 Å². The maximum Gasteiger partial charge on any atom is 0.244 e. The molecular weight excluding hydrogens is 387 g/mol. The van der Waals surface area contributed by atoms with Gasteiger partial charge >= 0.3 is 0 Å². The van der Waals surface area contributed by atoms with Crippen LogP contribution in [0.2, 0.25) is 0 Å². The molecule has 0 aliphatic carbocycles. The highest BCUT2D eigenvalue weighted by Gasteiger charge is 2.36. The predicted octanol–water partition coefficient (Wildman–Crippen LogP) is 3.45. The topological polar surface area (TPSA) is 91.5 Å². The van der Waals surface area contributed by atoms with Crippen LogP contribution in [0.5, 0.6) is 0 Å². The first-order valence-electron chi connectivity index (χ1n) is 9.78. The third-order valence-corrected chi connectivity index (χ3v) is 5.20. The number of benzene rings is 2. The highest BCUT2D eigenvalue weighted by Crippen LogP contribution is 2.33. The van der Waals surface area contributed by atoms with Crippen LogP contribution < -0.4 is 5.32 Å². The average Bonchev–Trinajstić information content (AvgIpc) is 3.32. The molecule has 1 fully saturated rings. The SMILES string of the molecule is CC(=O)Nc1ccc(CN2C[C@H](O)C[C@H]2c2nc(-c3ccc(C)c(F)c3)no2)cc1. The fourth-order valence-corrected chi connectivity index (χ4v) is 3.66. The van der Waals surface area contributed by atoms with Gasteiger partial charge in [0.05, 0.1) is 12.1 Å². The summed E-state index contributed by atoms with van der Waals surface area (Å²) in [5.41, 5.74) is 2.86. The molecule has 1 aromatic heterocycles. The molecule has 1 aliphatic rings. The summed E-state index contributed by atoms with van der Waals surface area (Å²) in [5.74, 6) is 0.285. The summed E-state index contributed by atoms with van der Waals surface area (Å²) in [4.78, 5) is 17.7. The number of nitrogens with one attached hydrogen (secondary N) is 1. The summed E-state index contributed by atoms with van der Waals surface area (Å²) < 4.78 is 19.3. The predicted molar refractivity (Wildman–Crippen MR) is 109 cm³/mol. The summed E-state index contributed by atoms with van der Waals surface area (Å²) in [6.07, 6.45) is -0.0192.